The van der Waals surface area contributed by atoms with Gasteiger partial charge in [-0.15, -0.1) is 17.0 Å². The van der Waals surface area contributed by atoms with E-state index in [9.17, 15) is 4.79 Å². The average molecular weight is 372 g/mol. The van der Waals surface area contributed by atoms with Crippen molar-refractivity contribution in [2.24, 2.45) is 10.7 Å². The number of nitrogens with two attached hydrogens (primary N) is 1. The molecule has 0 radical (unpaired) electrons. The summed E-state index contributed by atoms with van der Waals surface area (Å²) in [5.74, 6) is 1.62. The molecule has 3 N–H and O–H groups in total. The van der Waals surface area contributed by atoms with E-state index in [1.807, 2.05) is 6.07 Å². The lowest BCUT2D eigenvalue weighted by molar-refractivity contribution is 0.0599. The quantitative estimate of drug-likeness (QED) is 0.474. The predicted molar refractivity (Wildman–Crippen MR) is 86.0 cm³/mol. The number of nitrogens with zero attached hydrogens (tertiary/aromatic N) is 1. The second-order valence-electron chi connectivity index (χ2n) is 4.31. The number of aliphatic imine (C=N–C) groups is 1. The van der Waals surface area contributed by atoms with E-state index in [0.717, 1.165) is 5.76 Å². The topological polar surface area (TPSA) is 103 Å². The van der Waals surface area contributed by atoms with Crippen LogP contribution in [0.25, 0.3) is 0 Å². The van der Waals surface area contributed by atoms with Gasteiger partial charge in [-0.25, -0.2) is 9.79 Å². The van der Waals surface area contributed by atoms with Crippen LogP contribution >= 0.6 is 17.0 Å². The molecule has 0 saturated carbocycles. The van der Waals surface area contributed by atoms with E-state index in [4.69, 9.17) is 14.6 Å². The Balaban J connectivity index is 0.00000242. The minimum absolute atomic E-state index is 0. The van der Waals surface area contributed by atoms with Crippen molar-refractivity contribution < 1.29 is 18.4 Å². The van der Waals surface area contributed by atoms with Gasteiger partial charge in [0.05, 0.1) is 19.9 Å². The molecule has 0 spiro atoms. The summed E-state index contributed by atoms with van der Waals surface area (Å²) in [5, 5.41) is 2.91. The van der Waals surface area contributed by atoms with Crippen LogP contribution in [0, 0.1) is 6.92 Å². The maximum absolute atomic E-state index is 11.5. The van der Waals surface area contributed by atoms with E-state index in [-0.39, 0.29) is 29.5 Å². The van der Waals surface area contributed by atoms with E-state index < -0.39 is 5.97 Å². The molecule has 0 aliphatic carbocycles. The summed E-state index contributed by atoms with van der Waals surface area (Å²) < 4.78 is 15.2. The molecule has 0 saturated heterocycles. The summed E-state index contributed by atoms with van der Waals surface area (Å²) in [6.45, 7) is 2.37. The molecule has 0 fully saturated rings. The monoisotopic (exact) mass is 371 g/mol. The summed E-state index contributed by atoms with van der Waals surface area (Å²) >= 11 is 0. The minimum Gasteiger partial charge on any atom is -0.467 e. The van der Waals surface area contributed by atoms with Gasteiger partial charge in [0.2, 0.25) is 0 Å². The number of hydrogen-bond donors (Lipinski definition) is 2. The molecule has 2 aromatic heterocycles. The number of halogens is 1. The van der Waals surface area contributed by atoms with Gasteiger partial charge >= 0.3 is 5.97 Å². The first-order valence-corrected chi connectivity index (χ1v) is 6.34. The highest BCUT2D eigenvalue weighted by atomic mass is 79.9. The van der Waals surface area contributed by atoms with E-state index >= 15 is 0 Å². The summed E-state index contributed by atoms with van der Waals surface area (Å²) in [5.41, 5.74) is 6.13. The van der Waals surface area contributed by atoms with Gasteiger partial charge in [-0.3, -0.25) is 0 Å². The second kappa shape index (κ2) is 8.28. The standard InChI is InChI=1S/C14H17N3O4.BrH/c1-9-12(13(18)19-2)6-11(21-9)8-17-14(15)16-7-10-4-3-5-20-10;/h3-6H,7-8H2,1-2H3,(H3,15,16,17);1H. The van der Waals surface area contributed by atoms with Gasteiger partial charge in [0.25, 0.3) is 0 Å². The molecule has 0 aliphatic rings. The first-order chi connectivity index (χ1) is 10.1. The van der Waals surface area contributed by atoms with Gasteiger partial charge in [0.15, 0.2) is 5.96 Å². The summed E-state index contributed by atoms with van der Waals surface area (Å²) in [4.78, 5) is 15.6. The normalized spacial score (nSPS) is 10.9. The molecule has 0 bridgehead atoms. The Morgan fingerprint density at radius 2 is 2.23 bits per heavy atom. The van der Waals surface area contributed by atoms with E-state index in [2.05, 4.69) is 15.0 Å². The molecule has 2 heterocycles. The molecule has 0 aliphatic heterocycles. The fourth-order valence-electron chi connectivity index (χ4n) is 1.74. The van der Waals surface area contributed by atoms with Gasteiger partial charge in [-0.1, -0.05) is 0 Å². The number of rotatable bonds is 5. The van der Waals surface area contributed by atoms with Crippen molar-refractivity contribution in [2.45, 2.75) is 20.0 Å². The number of guanidine groups is 1. The predicted octanol–water partition coefficient (Wildman–Crippen LogP) is 2.15. The van der Waals surface area contributed by atoms with Crippen LogP contribution in [0.1, 0.15) is 27.6 Å². The van der Waals surface area contributed by atoms with Gasteiger partial charge in [-0.2, -0.15) is 0 Å². The van der Waals surface area contributed by atoms with Crippen molar-refractivity contribution in [3.8, 4) is 0 Å². The zero-order valence-corrected chi connectivity index (χ0v) is 14.0. The minimum atomic E-state index is -0.435. The molecule has 0 aromatic carbocycles. The average Bonchev–Trinajstić information content (AvgIpc) is 3.11. The number of esters is 1. The van der Waals surface area contributed by atoms with Crippen molar-refractivity contribution in [2.75, 3.05) is 7.11 Å². The molecule has 22 heavy (non-hydrogen) atoms. The smallest absolute Gasteiger partial charge is 0.341 e. The number of aryl methyl sites for hydroxylation is 1. The zero-order valence-electron chi connectivity index (χ0n) is 12.3. The Bertz CT molecular complexity index is 635. The van der Waals surface area contributed by atoms with Crippen LogP contribution in [0.15, 0.2) is 38.3 Å². The van der Waals surface area contributed by atoms with E-state index in [1.165, 1.54) is 7.11 Å². The Morgan fingerprint density at radius 1 is 1.45 bits per heavy atom. The summed E-state index contributed by atoms with van der Waals surface area (Å²) in [6.07, 6.45) is 1.59. The molecule has 120 valence electrons. The summed E-state index contributed by atoms with van der Waals surface area (Å²) in [7, 11) is 1.32. The first-order valence-electron chi connectivity index (χ1n) is 6.34. The van der Waals surface area contributed by atoms with Crippen molar-refractivity contribution >= 4 is 28.9 Å². The molecule has 7 nitrogen and oxygen atoms in total. The van der Waals surface area contributed by atoms with Crippen LogP contribution < -0.4 is 11.1 Å². The lowest BCUT2D eigenvalue weighted by atomic mass is 10.2. The molecule has 0 amide bonds. The van der Waals surface area contributed by atoms with Crippen LogP contribution in [0.2, 0.25) is 0 Å². The highest BCUT2D eigenvalue weighted by Gasteiger charge is 2.14. The summed E-state index contributed by atoms with van der Waals surface area (Å²) in [6, 6.07) is 5.23. The Hall–Kier alpha value is -2.22. The van der Waals surface area contributed by atoms with Crippen molar-refractivity contribution in [3.05, 3.63) is 47.3 Å². The fraction of sp³-hybridized carbons (Fsp3) is 0.286. The van der Waals surface area contributed by atoms with Crippen LogP contribution in [0.5, 0.6) is 0 Å². The number of methoxy groups -OCH3 is 1. The molecule has 0 unspecified atom stereocenters. The lowest BCUT2D eigenvalue weighted by Gasteiger charge is -2.02. The van der Waals surface area contributed by atoms with Gasteiger partial charge in [0, 0.05) is 0 Å². The molecule has 8 heteroatoms. The molecule has 0 atom stereocenters. The number of furan rings is 2. The highest BCUT2D eigenvalue weighted by molar-refractivity contribution is 8.93. The third kappa shape index (κ3) is 4.66. The van der Waals surface area contributed by atoms with Crippen molar-refractivity contribution in [1.29, 1.82) is 0 Å². The third-order valence-electron chi connectivity index (χ3n) is 2.80. The number of carbonyl (C=O) groups excluding carboxylic acids is 1. The molecular formula is C14H18BrN3O4. The van der Waals surface area contributed by atoms with Crippen LogP contribution in [-0.2, 0) is 17.8 Å². The number of carbonyl (C=O) groups is 1. The largest absolute Gasteiger partial charge is 0.467 e. The zero-order chi connectivity index (χ0) is 15.2. The Morgan fingerprint density at radius 3 is 2.86 bits per heavy atom. The molecular weight excluding hydrogens is 354 g/mol. The molecule has 2 rings (SSSR count). The first kappa shape index (κ1) is 17.8. The maximum Gasteiger partial charge on any atom is 0.341 e. The van der Waals surface area contributed by atoms with Crippen LogP contribution in [-0.4, -0.2) is 19.0 Å². The van der Waals surface area contributed by atoms with Crippen molar-refractivity contribution in [1.82, 2.24) is 5.32 Å². The lowest BCUT2D eigenvalue weighted by Crippen LogP contribution is -2.30. The molecule has 2 aromatic rings. The number of ether oxygens (including phenoxy) is 1. The Kier molecular flexibility index (Phi) is 6.71. The van der Waals surface area contributed by atoms with Gasteiger partial charge < -0.3 is 24.6 Å². The fourth-order valence-corrected chi connectivity index (χ4v) is 1.74. The van der Waals surface area contributed by atoms with Gasteiger partial charge in [0.1, 0.15) is 29.4 Å². The van der Waals surface area contributed by atoms with Crippen molar-refractivity contribution in [3.63, 3.8) is 0 Å². The highest BCUT2D eigenvalue weighted by Crippen LogP contribution is 2.16. The van der Waals surface area contributed by atoms with E-state index in [1.54, 1.807) is 25.3 Å². The SMILES string of the molecule is Br.COC(=O)c1cc(CN=C(N)NCc2ccco2)oc1C. The van der Waals surface area contributed by atoms with Crippen LogP contribution in [0.4, 0.5) is 0 Å². The maximum atomic E-state index is 11.5. The van der Waals surface area contributed by atoms with Crippen LogP contribution in [0.3, 0.4) is 0 Å². The second-order valence-corrected chi connectivity index (χ2v) is 4.31. The third-order valence-corrected chi connectivity index (χ3v) is 2.80. The number of hydrogen-bond acceptors (Lipinski definition) is 5. The van der Waals surface area contributed by atoms with E-state index in [0.29, 0.717) is 23.6 Å². The Labute approximate surface area is 138 Å². The number of nitrogens with one attached hydrogen (secondary N) is 1. The van der Waals surface area contributed by atoms with Gasteiger partial charge in [-0.05, 0) is 25.1 Å².